The number of halogens is 2. The maximum atomic E-state index is 12.8. The molecule has 2 aromatic rings. The molecule has 0 aliphatic rings. The van der Waals surface area contributed by atoms with Crippen LogP contribution in [0.5, 0.6) is 0 Å². The van der Waals surface area contributed by atoms with Gasteiger partial charge in [-0.1, -0.05) is 15.9 Å². The van der Waals surface area contributed by atoms with Crippen LogP contribution in [0.1, 0.15) is 0 Å². The van der Waals surface area contributed by atoms with Crippen molar-refractivity contribution in [3.05, 3.63) is 34.8 Å². The molecule has 56 valence electrons. The van der Waals surface area contributed by atoms with Gasteiger partial charge in [0.05, 0.1) is 5.39 Å². The minimum atomic E-state index is -0.318. The smallest absolute Gasteiger partial charge is 0.169 e. The molecule has 0 amide bonds. The second-order valence-electron chi connectivity index (χ2n) is 2.22. The van der Waals surface area contributed by atoms with Crippen LogP contribution in [0.15, 0.2) is 33.4 Å². The molecule has 0 spiro atoms. The van der Waals surface area contributed by atoms with Crippen molar-refractivity contribution >= 4 is 26.9 Å². The van der Waals surface area contributed by atoms with Crippen molar-refractivity contribution in [2.75, 3.05) is 0 Å². The van der Waals surface area contributed by atoms with Crippen LogP contribution < -0.4 is 0 Å². The Hall–Kier alpha value is -0.830. The summed E-state index contributed by atoms with van der Waals surface area (Å²) in [6.45, 7) is 0. The molecule has 1 nitrogen and oxygen atoms in total. The molecule has 2 rings (SSSR count). The first-order chi connectivity index (χ1) is 5.27. The van der Waals surface area contributed by atoms with Crippen LogP contribution in [-0.2, 0) is 0 Å². The zero-order valence-corrected chi connectivity index (χ0v) is 7.06. The largest absolute Gasteiger partial charge is 0.461 e. The van der Waals surface area contributed by atoms with Crippen LogP contribution in [0.2, 0.25) is 0 Å². The summed E-state index contributed by atoms with van der Waals surface area (Å²) in [7, 11) is 0. The fourth-order valence-corrected chi connectivity index (χ4v) is 1.33. The van der Waals surface area contributed by atoms with Crippen molar-refractivity contribution in [1.29, 1.82) is 0 Å². The van der Waals surface area contributed by atoms with E-state index in [2.05, 4.69) is 15.9 Å². The average molecular weight is 215 g/mol. The molecule has 0 aliphatic heterocycles. The van der Waals surface area contributed by atoms with Gasteiger partial charge >= 0.3 is 0 Å². The van der Waals surface area contributed by atoms with Gasteiger partial charge in [0.15, 0.2) is 5.82 Å². The molecule has 1 aromatic carbocycles. The molecule has 1 aromatic heterocycles. The van der Waals surface area contributed by atoms with E-state index in [9.17, 15) is 4.39 Å². The lowest BCUT2D eigenvalue weighted by Gasteiger charge is -1.88. The maximum Gasteiger partial charge on any atom is 0.169 e. The Morgan fingerprint density at radius 1 is 1.36 bits per heavy atom. The molecule has 0 atom stereocenters. The van der Waals surface area contributed by atoms with Crippen LogP contribution in [-0.4, -0.2) is 0 Å². The molecular weight excluding hydrogens is 211 g/mol. The lowest BCUT2D eigenvalue weighted by Crippen LogP contribution is -1.68. The maximum absolute atomic E-state index is 12.8. The monoisotopic (exact) mass is 214 g/mol. The predicted molar refractivity (Wildman–Crippen MR) is 43.9 cm³/mol. The molecule has 11 heavy (non-hydrogen) atoms. The van der Waals surface area contributed by atoms with Crippen molar-refractivity contribution in [2.24, 2.45) is 0 Å². The molecule has 0 saturated carbocycles. The fraction of sp³-hybridized carbons (Fsp3) is 0. The highest BCUT2D eigenvalue weighted by Gasteiger charge is 2.03. The minimum Gasteiger partial charge on any atom is -0.461 e. The zero-order chi connectivity index (χ0) is 7.84. The summed E-state index contributed by atoms with van der Waals surface area (Å²) in [5.41, 5.74) is 0.575. The van der Waals surface area contributed by atoms with E-state index in [4.69, 9.17) is 4.42 Å². The Balaban J connectivity index is 2.87. The standard InChI is InChI=1S/C8H4BrFO/c9-5-1-2-8-6(3-5)7(10)4-11-8/h1-4H. The number of furan rings is 1. The Kier molecular flexibility index (Phi) is 1.46. The highest BCUT2D eigenvalue weighted by atomic mass is 79.9. The van der Waals surface area contributed by atoms with Crippen molar-refractivity contribution in [1.82, 2.24) is 0 Å². The van der Waals surface area contributed by atoms with E-state index in [1.54, 1.807) is 12.1 Å². The quantitative estimate of drug-likeness (QED) is 0.656. The molecule has 0 saturated heterocycles. The minimum absolute atomic E-state index is 0.318. The van der Waals surface area contributed by atoms with Crippen molar-refractivity contribution < 1.29 is 8.81 Å². The van der Waals surface area contributed by atoms with Crippen LogP contribution in [0.3, 0.4) is 0 Å². The van der Waals surface area contributed by atoms with Gasteiger partial charge in [-0.2, -0.15) is 0 Å². The van der Waals surface area contributed by atoms with E-state index in [-0.39, 0.29) is 5.82 Å². The fourth-order valence-electron chi connectivity index (χ4n) is 0.970. The van der Waals surface area contributed by atoms with E-state index in [0.717, 1.165) is 10.7 Å². The Labute approximate surface area is 70.9 Å². The van der Waals surface area contributed by atoms with Crippen molar-refractivity contribution in [3.63, 3.8) is 0 Å². The summed E-state index contributed by atoms with van der Waals surface area (Å²) >= 11 is 3.24. The van der Waals surface area contributed by atoms with Gasteiger partial charge in [0.25, 0.3) is 0 Å². The van der Waals surface area contributed by atoms with Crippen LogP contribution in [0.25, 0.3) is 11.0 Å². The van der Waals surface area contributed by atoms with Crippen molar-refractivity contribution in [2.45, 2.75) is 0 Å². The van der Waals surface area contributed by atoms with Gasteiger partial charge in [-0.3, -0.25) is 0 Å². The molecule has 0 radical (unpaired) electrons. The summed E-state index contributed by atoms with van der Waals surface area (Å²) in [5.74, 6) is -0.318. The zero-order valence-electron chi connectivity index (χ0n) is 5.47. The Morgan fingerprint density at radius 2 is 2.18 bits per heavy atom. The number of benzene rings is 1. The lowest BCUT2D eigenvalue weighted by atomic mass is 10.2. The molecular formula is C8H4BrFO. The molecule has 0 fully saturated rings. The highest BCUT2D eigenvalue weighted by Crippen LogP contribution is 2.23. The first kappa shape index (κ1) is 6.85. The number of hydrogen-bond donors (Lipinski definition) is 0. The van der Waals surface area contributed by atoms with Crippen LogP contribution in [0.4, 0.5) is 4.39 Å². The van der Waals surface area contributed by atoms with E-state index in [1.807, 2.05) is 6.07 Å². The summed E-state index contributed by atoms with van der Waals surface area (Å²) in [6.07, 6.45) is 1.11. The number of fused-ring (bicyclic) bond motifs is 1. The SMILES string of the molecule is Fc1coc2ccc(Br)cc12. The van der Waals surface area contributed by atoms with Gasteiger partial charge in [-0.25, -0.2) is 4.39 Å². The third kappa shape index (κ3) is 1.05. The average Bonchev–Trinajstić information content (AvgIpc) is 2.33. The lowest BCUT2D eigenvalue weighted by molar-refractivity contribution is 0.558. The van der Waals surface area contributed by atoms with Crippen LogP contribution in [0, 0.1) is 5.82 Å². The summed E-state index contributed by atoms with van der Waals surface area (Å²) in [5, 5.41) is 0.513. The molecule has 0 unspecified atom stereocenters. The third-order valence-corrected chi connectivity index (χ3v) is 1.98. The Bertz CT molecular complexity index is 394. The van der Waals surface area contributed by atoms with Gasteiger partial charge in [0.2, 0.25) is 0 Å². The van der Waals surface area contributed by atoms with Gasteiger partial charge in [0.1, 0.15) is 11.8 Å². The first-order valence-electron chi connectivity index (χ1n) is 3.09. The highest BCUT2D eigenvalue weighted by molar-refractivity contribution is 9.10. The summed E-state index contributed by atoms with van der Waals surface area (Å²) in [6, 6.07) is 5.22. The molecule has 1 heterocycles. The normalized spacial score (nSPS) is 10.7. The molecule has 0 aliphatic carbocycles. The first-order valence-corrected chi connectivity index (χ1v) is 3.89. The van der Waals surface area contributed by atoms with Crippen LogP contribution >= 0.6 is 15.9 Å². The second-order valence-corrected chi connectivity index (χ2v) is 3.14. The second kappa shape index (κ2) is 2.34. The van der Waals surface area contributed by atoms with Gasteiger partial charge in [-0.05, 0) is 18.2 Å². The number of hydrogen-bond acceptors (Lipinski definition) is 1. The van der Waals surface area contributed by atoms with E-state index in [1.165, 1.54) is 0 Å². The van der Waals surface area contributed by atoms with Gasteiger partial charge in [0, 0.05) is 4.47 Å². The van der Waals surface area contributed by atoms with E-state index in [0.29, 0.717) is 11.0 Å². The Morgan fingerprint density at radius 3 is 3.00 bits per heavy atom. The predicted octanol–water partition coefficient (Wildman–Crippen LogP) is 3.33. The topological polar surface area (TPSA) is 13.1 Å². The molecule has 3 heteroatoms. The summed E-state index contributed by atoms with van der Waals surface area (Å²) in [4.78, 5) is 0. The van der Waals surface area contributed by atoms with E-state index < -0.39 is 0 Å². The third-order valence-electron chi connectivity index (χ3n) is 1.49. The van der Waals surface area contributed by atoms with E-state index >= 15 is 0 Å². The molecule has 0 bridgehead atoms. The van der Waals surface area contributed by atoms with Crippen molar-refractivity contribution in [3.8, 4) is 0 Å². The number of rotatable bonds is 0. The molecule has 0 N–H and O–H groups in total. The summed E-state index contributed by atoms with van der Waals surface area (Å²) < 4.78 is 18.6. The van der Waals surface area contributed by atoms with Gasteiger partial charge < -0.3 is 4.42 Å². The van der Waals surface area contributed by atoms with Gasteiger partial charge in [-0.15, -0.1) is 0 Å².